The summed E-state index contributed by atoms with van der Waals surface area (Å²) in [5.74, 6) is -0.446. The van der Waals surface area contributed by atoms with Crippen molar-refractivity contribution in [3.63, 3.8) is 0 Å². The number of fused-ring (bicyclic) bond motifs is 1. The van der Waals surface area contributed by atoms with E-state index >= 15 is 0 Å². The number of esters is 1. The second-order valence-corrected chi connectivity index (χ2v) is 5.19. The van der Waals surface area contributed by atoms with E-state index in [4.69, 9.17) is 10.5 Å². The molecule has 21 heavy (non-hydrogen) atoms. The molecule has 0 fully saturated rings. The zero-order valence-corrected chi connectivity index (χ0v) is 12.1. The monoisotopic (exact) mass is 303 g/mol. The van der Waals surface area contributed by atoms with Crippen molar-refractivity contribution < 1.29 is 9.53 Å². The minimum atomic E-state index is -0.446. The Labute approximate surface area is 124 Å². The highest BCUT2D eigenvalue weighted by Gasteiger charge is 2.18. The lowest BCUT2D eigenvalue weighted by atomic mass is 10.2. The van der Waals surface area contributed by atoms with E-state index in [0.29, 0.717) is 30.2 Å². The summed E-state index contributed by atoms with van der Waals surface area (Å²) in [7, 11) is 1.34. The molecule has 7 nitrogen and oxygen atoms in total. The molecule has 0 radical (unpaired) electrons. The zero-order valence-electron chi connectivity index (χ0n) is 11.3. The second kappa shape index (κ2) is 5.58. The first-order chi connectivity index (χ1) is 10.2. The van der Waals surface area contributed by atoms with Crippen LogP contribution in [0.5, 0.6) is 0 Å². The molecule has 0 saturated carbocycles. The molecule has 3 aromatic rings. The molecule has 0 amide bonds. The van der Waals surface area contributed by atoms with E-state index in [1.54, 1.807) is 10.7 Å². The van der Waals surface area contributed by atoms with Crippen molar-refractivity contribution in [2.75, 3.05) is 13.7 Å². The van der Waals surface area contributed by atoms with Crippen LogP contribution in [0.25, 0.3) is 21.6 Å². The van der Waals surface area contributed by atoms with Gasteiger partial charge in [0, 0.05) is 12.6 Å². The van der Waals surface area contributed by atoms with Gasteiger partial charge in [0.2, 0.25) is 0 Å². The number of carbonyl (C=O) groups is 1. The highest BCUT2D eigenvalue weighted by atomic mass is 32.1. The first-order valence-corrected chi connectivity index (χ1v) is 7.17. The number of carbonyl (C=O) groups excluding carboxylic acids is 1. The summed E-state index contributed by atoms with van der Waals surface area (Å²) in [4.78, 5) is 20.3. The quantitative estimate of drug-likeness (QED) is 0.730. The van der Waals surface area contributed by atoms with Gasteiger partial charge in [-0.3, -0.25) is 4.68 Å². The fourth-order valence-corrected chi connectivity index (χ4v) is 2.91. The lowest BCUT2D eigenvalue weighted by Crippen LogP contribution is -2.17. The largest absolute Gasteiger partial charge is 0.464 e. The molecule has 0 unspecified atom stereocenters. The molecule has 108 valence electrons. The first kappa shape index (κ1) is 13.7. The SMILES string of the molecule is COC(=O)c1cc(-c2ncnc3ccsc23)nn1CCN. The summed E-state index contributed by atoms with van der Waals surface area (Å²) in [6.07, 6.45) is 1.49. The Morgan fingerprint density at radius 1 is 1.48 bits per heavy atom. The van der Waals surface area contributed by atoms with Crippen molar-refractivity contribution in [2.45, 2.75) is 6.54 Å². The van der Waals surface area contributed by atoms with Crippen LogP contribution in [-0.2, 0) is 11.3 Å². The smallest absolute Gasteiger partial charge is 0.356 e. The molecule has 8 heteroatoms. The topological polar surface area (TPSA) is 95.9 Å². The Morgan fingerprint density at radius 2 is 2.33 bits per heavy atom. The van der Waals surface area contributed by atoms with E-state index in [9.17, 15) is 4.79 Å². The molecular formula is C13H13N5O2S. The van der Waals surface area contributed by atoms with Crippen molar-refractivity contribution in [1.29, 1.82) is 0 Å². The summed E-state index contributed by atoms with van der Waals surface area (Å²) in [6.45, 7) is 0.812. The number of ether oxygens (including phenoxy) is 1. The third kappa shape index (κ3) is 2.39. The molecule has 3 heterocycles. The molecule has 0 aromatic carbocycles. The Morgan fingerprint density at radius 3 is 3.10 bits per heavy atom. The lowest BCUT2D eigenvalue weighted by Gasteiger charge is -2.02. The van der Waals surface area contributed by atoms with Gasteiger partial charge < -0.3 is 10.5 Å². The standard InChI is InChI=1S/C13H13N5O2S/c1-20-13(19)10-6-9(17-18(10)4-3-14)11-12-8(2-5-21-12)15-7-16-11/h2,5-7H,3-4,14H2,1H3. The third-order valence-corrected chi connectivity index (χ3v) is 3.91. The van der Waals surface area contributed by atoms with E-state index in [0.717, 1.165) is 10.2 Å². The van der Waals surface area contributed by atoms with Crippen molar-refractivity contribution >= 4 is 27.5 Å². The number of hydrogen-bond acceptors (Lipinski definition) is 7. The summed E-state index contributed by atoms with van der Waals surface area (Å²) < 4.78 is 7.25. The normalized spacial score (nSPS) is 11.0. The van der Waals surface area contributed by atoms with E-state index in [1.807, 2.05) is 11.4 Å². The van der Waals surface area contributed by atoms with Gasteiger partial charge in [-0.2, -0.15) is 5.10 Å². The number of nitrogens with two attached hydrogens (primary N) is 1. The van der Waals surface area contributed by atoms with E-state index < -0.39 is 5.97 Å². The number of rotatable bonds is 4. The van der Waals surface area contributed by atoms with Crippen LogP contribution in [0.15, 0.2) is 23.8 Å². The molecule has 0 aliphatic heterocycles. The molecule has 3 rings (SSSR count). The van der Waals surface area contributed by atoms with Gasteiger partial charge in [0.15, 0.2) is 0 Å². The summed E-state index contributed by atoms with van der Waals surface area (Å²) in [6, 6.07) is 3.59. The van der Waals surface area contributed by atoms with Crippen LogP contribution in [-0.4, -0.2) is 39.4 Å². The van der Waals surface area contributed by atoms with Gasteiger partial charge in [0.25, 0.3) is 0 Å². The van der Waals surface area contributed by atoms with Gasteiger partial charge in [0.1, 0.15) is 23.4 Å². The van der Waals surface area contributed by atoms with Crippen molar-refractivity contribution in [3.8, 4) is 11.4 Å². The van der Waals surface area contributed by atoms with Crippen LogP contribution in [0, 0.1) is 0 Å². The van der Waals surface area contributed by atoms with Gasteiger partial charge in [-0.05, 0) is 11.4 Å². The minimum Gasteiger partial charge on any atom is -0.464 e. The second-order valence-electron chi connectivity index (χ2n) is 4.28. The van der Waals surface area contributed by atoms with Crippen molar-refractivity contribution in [2.24, 2.45) is 5.73 Å². The summed E-state index contributed by atoms with van der Waals surface area (Å²) in [5.41, 5.74) is 8.09. The van der Waals surface area contributed by atoms with Crippen LogP contribution < -0.4 is 5.73 Å². The average Bonchev–Trinajstić information content (AvgIpc) is 3.13. The Hall–Kier alpha value is -2.32. The molecule has 3 aromatic heterocycles. The van der Waals surface area contributed by atoms with Gasteiger partial charge in [-0.25, -0.2) is 14.8 Å². The predicted molar refractivity (Wildman–Crippen MR) is 79.0 cm³/mol. The summed E-state index contributed by atoms with van der Waals surface area (Å²) >= 11 is 1.54. The fraction of sp³-hybridized carbons (Fsp3) is 0.231. The van der Waals surface area contributed by atoms with E-state index in [2.05, 4.69) is 15.1 Å². The number of thiophene rings is 1. The van der Waals surface area contributed by atoms with Crippen LogP contribution in [0.3, 0.4) is 0 Å². The van der Waals surface area contributed by atoms with Gasteiger partial charge in [0.05, 0.1) is 23.9 Å². The Kier molecular flexibility index (Phi) is 3.63. The van der Waals surface area contributed by atoms with Gasteiger partial charge in [-0.15, -0.1) is 11.3 Å². The van der Waals surface area contributed by atoms with E-state index in [-0.39, 0.29) is 0 Å². The summed E-state index contributed by atoms with van der Waals surface area (Å²) in [5, 5.41) is 6.37. The van der Waals surface area contributed by atoms with Crippen LogP contribution in [0.2, 0.25) is 0 Å². The van der Waals surface area contributed by atoms with Gasteiger partial charge in [-0.1, -0.05) is 0 Å². The van der Waals surface area contributed by atoms with Crippen LogP contribution in [0.4, 0.5) is 0 Å². The lowest BCUT2D eigenvalue weighted by molar-refractivity contribution is 0.0586. The highest BCUT2D eigenvalue weighted by Crippen LogP contribution is 2.29. The van der Waals surface area contributed by atoms with E-state index in [1.165, 1.54) is 24.8 Å². The highest BCUT2D eigenvalue weighted by molar-refractivity contribution is 7.17. The molecule has 0 aliphatic carbocycles. The number of hydrogen-bond donors (Lipinski definition) is 1. The maximum Gasteiger partial charge on any atom is 0.356 e. The van der Waals surface area contributed by atoms with Crippen molar-refractivity contribution in [1.82, 2.24) is 19.7 Å². The Balaban J connectivity index is 2.14. The molecule has 0 aliphatic rings. The third-order valence-electron chi connectivity index (χ3n) is 3.00. The fourth-order valence-electron chi connectivity index (χ4n) is 2.07. The zero-order chi connectivity index (χ0) is 14.8. The number of nitrogens with zero attached hydrogens (tertiary/aromatic N) is 4. The maximum atomic E-state index is 11.8. The minimum absolute atomic E-state index is 0.362. The van der Waals surface area contributed by atoms with Crippen molar-refractivity contribution in [3.05, 3.63) is 29.5 Å². The van der Waals surface area contributed by atoms with Crippen LogP contribution in [0.1, 0.15) is 10.5 Å². The number of aromatic nitrogens is 4. The first-order valence-electron chi connectivity index (χ1n) is 6.29. The number of methoxy groups -OCH3 is 1. The molecule has 0 atom stereocenters. The molecule has 2 N–H and O–H groups in total. The molecule has 0 bridgehead atoms. The Bertz CT molecular complexity index is 795. The molecular weight excluding hydrogens is 290 g/mol. The van der Waals surface area contributed by atoms with Crippen LogP contribution >= 0.6 is 11.3 Å². The predicted octanol–water partition coefficient (Wildman–Crippen LogP) is 1.30. The van der Waals surface area contributed by atoms with Gasteiger partial charge >= 0.3 is 5.97 Å². The maximum absolute atomic E-state index is 11.8. The molecule has 0 spiro atoms. The average molecular weight is 303 g/mol. The molecule has 0 saturated heterocycles.